The molecule has 0 spiro atoms. The molecular weight excluding hydrogens is 546 g/mol. The molecule has 16 heteroatoms. The van der Waals surface area contributed by atoms with E-state index in [0.29, 0.717) is 26.3 Å². The number of ether oxygens (including phenoxy) is 1. The Kier molecular flexibility index (Phi) is 6.95. The Bertz CT molecular complexity index is 1430. The molecule has 0 aliphatic carbocycles. The van der Waals surface area contributed by atoms with Crippen LogP contribution in [0.5, 0.6) is 0 Å². The van der Waals surface area contributed by atoms with E-state index in [1.165, 1.54) is 35.6 Å². The van der Waals surface area contributed by atoms with Crippen LogP contribution in [-0.4, -0.2) is 110 Å². The van der Waals surface area contributed by atoms with Gasteiger partial charge in [-0.1, -0.05) is 24.3 Å². The van der Waals surface area contributed by atoms with Crippen LogP contribution in [0.2, 0.25) is 0 Å². The average molecular weight is 572 g/mol. The standard InChI is InChI=1S/C25H26BFN4O10/c26-24(38,16-5-1-3-13(18(16)27)11-30-7-9-41-10-8-30)29-17-6-2-4-14-15(17)12-31(19(14)32)22(35)20(33)28-21(34)23(36,37)25(22,39)40/h1-6,29,35-40H,7-12H2,(H,28,33,34). The number of fused-ring (bicyclic) bond motifs is 1. The number of anilines is 1. The van der Waals surface area contributed by atoms with Crippen LogP contribution in [-0.2, 0) is 33.0 Å². The van der Waals surface area contributed by atoms with Crippen LogP contribution in [0.15, 0.2) is 36.4 Å². The maximum atomic E-state index is 15.5. The fraction of sp³-hybridized carbons (Fsp3) is 0.400. The van der Waals surface area contributed by atoms with Gasteiger partial charge in [-0.2, -0.15) is 0 Å². The summed E-state index contributed by atoms with van der Waals surface area (Å²) in [6, 6.07) is 8.20. The second-order valence-corrected chi connectivity index (χ2v) is 10.1. The van der Waals surface area contributed by atoms with Crippen molar-refractivity contribution in [3.63, 3.8) is 0 Å². The normalized spacial score (nSPS) is 25.4. The van der Waals surface area contributed by atoms with Crippen molar-refractivity contribution in [2.24, 2.45) is 0 Å². The second-order valence-electron chi connectivity index (χ2n) is 10.1. The van der Waals surface area contributed by atoms with Crippen LogP contribution in [0.4, 0.5) is 10.1 Å². The third kappa shape index (κ3) is 4.40. The third-order valence-corrected chi connectivity index (χ3v) is 7.50. The Morgan fingerprint density at radius 2 is 1.68 bits per heavy atom. The number of carbonyl (C=O) groups is 3. The van der Waals surface area contributed by atoms with Crippen molar-refractivity contribution in [2.75, 3.05) is 31.6 Å². The highest BCUT2D eigenvalue weighted by Crippen LogP contribution is 2.42. The fourth-order valence-electron chi connectivity index (χ4n) is 5.13. The summed E-state index contributed by atoms with van der Waals surface area (Å²) < 4.78 is 20.8. The van der Waals surface area contributed by atoms with Gasteiger partial charge in [0.25, 0.3) is 29.2 Å². The summed E-state index contributed by atoms with van der Waals surface area (Å²) in [5.41, 5.74) is -6.72. The molecule has 5 rings (SSSR count). The Morgan fingerprint density at radius 1 is 1.02 bits per heavy atom. The van der Waals surface area contributed by atoms with Crippen molar-refractivity contribution < 1.29 is 54.2 Å². The summed E-state index contributed by atoms with van der Waals surface area (Å²) in [5, 5.41) is 66.8. The fourth-order valence-corrected chi connectivity index (χ4v) is 5.13. The number of hydrogen-bond acceptors (Lipinski definition) is 12. The summed E-state index contributed by atoms with van der Waals surface area (Å²) in [5.74, 6) is -14.1. The van der Waals surface area contributed by atoms with Crippen molar-refractivity contribution in [2.45, 2.75) is 36.0 Å². The number of rotatable bonds is 6. The smallest absolute Gasteiger partial charge is 0.306 e. The monoisotopic (exact) mass is 572 g/mol. The minimum Gasteiger partial charge on any atom is -0.379 e. The molecule has 3 amide bonds. The van der Waals surface area contributed by atoms with Crippen LogP contribution in [0.1, 0.15) is 27.0 Å². The molecule has 2 aromatic carbocycles. The summed E-state index contributed by atoms with van der Waals surface area (Å²) >= 11 is 0. The molecule has 2 radical (unpaired) electrons. The van der Waals surface area contributed by atoms with Crippen molar-refractivity contribution in [3.8, 4) is 0 Å². The molecule has 2 aromatic rings. The van der Waals surface area contributed by atoms with E-state index in [1.807, 2.05) is 4.90 Å². The topological polar surface area (TPSA) is 212 Å². The predicted octanol–water partition coefficient (Wildman–Crippen LogP) is -3.30. The third-order valence-electron chi connectivity index (χ3n) is 7.50. The lowest BCUT2D eigenvalue weighted by atomic mass is 9.82. The SMILES string of the molecule is [B]C(O)(Nc1cccc2c1CN(C1(O)C(=O)NC(=O)C(O)(O)C1(O)O)C2=O)c1cccc(CN2CCOCC2)c1F. The maximum Gasteiger partial charge on any atom is 0.306 e. The lowest BCUT2D eigenvalue weighted by Gasteiger charge is -2.50. The molecule has 3 aliphatic rings. The molecule has 14 nitrogen and oxygen atoms in total. The Morgan fingerprint density at radius 3 is 2.37 bits per heavy atom. The lowest BCUT2D eigenvalue weighted by Crippen LogP contribution is -2.85. The van der Waals surface area contributed by atoms with Crippen molar-refractivity contribution >= 4 is 31.3 Å². The molecule has 0 bridgehead atoms. The number of amides is 3. The number of hydrogen-bond donors (Lipinski definition) is 8. The van der Waals surface area contributed by atoms with Crippen molar-refractivity contribution in [3.05, 3.63) is 64.5 Å². The van der Waals surface area contributed by atoms with E-state index in [4.69, 9.17) is 12.6 Å². The van der Waals surface area contributed by atoms with Gasteiger partial charge in [0.1, 0.15) is 11.4 Å². The van der Waals surface area contributed by atoms with E-state index >= 15 is 4.39 Å². The van der Waals surface area contributed by atoms with E-state index in [1.54, 1.807) is 6.07 Å². The van der Waals surface area contributed by atoms with Crippen LogP contribution in [0.3, 0.4) is 0 Å². The Balaban J connectivity index is 1.45. The average Bonchev–Trinajstić information content (AvgIpc) is 3.26. The van der Waals surface area contributed by atoms with Gasteiger partial charge in [-0.05, 0) is 12.1 Å². The first-order valence-corrected chi connectivity index (χ1v) is 12.4. The zero-order valence-corrected chi connectivity index (χ0v) is 21.4. The molecule has 3 aliphatic heterocycles. The summed E-state index contributed by atoms with van der Waals surface area (Å²) in [4.78, 5) is 39.8. The van der Waals surface area contributed by atoms with Gasteiger partial charge in [0.2, 0.25) is 0 Å². The van der Waals surface area contributed by atoms with Gasteiger partial charge in [0, 0.05) is 47.6 Å². The molecule has 216 valence electrons. The molecular formula is C25H26BFN4O10. The second kappa shape index (κ2) is 9.82. The first kappa shape index (κ1) is 29.0. The number of imide groups is 1. The van der Waals surface area contributed by atoms with Gasteiger partial charge in [0.15, 0.2) is 7.85 Å². The number of benzene rings is 2. The highest BCUT2D eigenvalue weighted by atomic mass is 19.1. The largest absolute Gasteiger partial charge is 0.379 e. The summed E-state index contributed by atoms with van der Waals surface area (Å²) in [6.07, 6.45) is 0. The van der Waals surface area contributed by atoms with E-state index in [-0.39, 0.29) is 39.4 Å². The molecule has 0 aromatic heterocycles. The minimum absolute atomic E-state index is 0.0401. The summed E-state index contributed by atoms with van der Waals surface area (Å²) in [6.45, 7) is 1.63. The Labute approximate surface area is 233 Å². The van der Waals surface area contributed by atoms with Gasteiger partial charge in [-0.3, -0.25) is 29.5 Å². The van der Waals surface area contributed by atoms with Gasteiger partial charge in [-0.15, -0.1) is 0 Å². The molecule has 0 saturated carbocycles. The molecule has 2 atom stereocenters. The Hall–Kier alpha value is -3.48. The predicted molar refractivity (Wildman–Crippen MR) is 135 cm³/mol. The zero-order chi connectivity index (χ0) is 30.0. The maximum absolute atomic E-state index is 15.5. The van der Waals surface area contributed by atoms with E-state index < -0.39 is 53.0 Å². The number of nitrogens with zero attached hydrogens (tertiary/aromatic N) is 2. The number of nitrogens with one attached hydrogen (secondary N) is 2. The van der Waals surface area contributed by atoms with E-state index in [2.05, 4.69) is 5.32 Å². The summed E-state index contributed by atoms with van der Waals surface area (Å²) in [7, 11) is 6.10. The minimum atomic E-state index is -4.27. The first-order valence-electron chi connectivity index (χ1n) is 12.4. The highest BCUT2D eigenvalue weighted by Gasteiger charge is 2.76. The molecule has 3 heterocycles. The number of morpholine rings is 1. The first-order chi connectivity index (χ1) is 19.1. The van der Waals surface area contributed by atoms with Crippen LogP contribution in [0, 0.1) is 5.82 Å². The highest BCUT2D eigenvalue weighted by molar-refractivity contribution is 6.16. The van der Waals surface area contributed by atoms with Crippen LogP contribution in [0.25, 0.3) is 0 Å². The number of halogens is 1. The van der Waals surface area contributed by atoms with Crippen LogP contribution >= 0.6 is 0 Å². The van der Waals surface area contributed by atoms with E-state index in [9.17, 15) is 45.0 Å². The zero-order valence-electron chi connectivity index (χ0n) is 21.4. The lowest BCUT2D eigenvalue weighted by molar-refractivity contribution is -0.407. The van der Waals surface area contributed by atoms with E-state index in [0.717, 1.165) is 0 Å². The number of aliphatic hydroxyl groups is 6. The molecule has 2 saturated heterocycles. The molecule has 2 unspecified atom stereocenters. The van der Waals surface area contributed by atoms with Crippen LogP contribution < -0.4 is 10.6 Å². The van der Waals surface area contributed by atoms with Crippen molar-refractivity contribution in [1.82, 2.24) is 15.1 Å². The molecule has 8 N–H and O–H groups in total. The van der Waals surface area contributed by atoms with Gasteiger partial charge in [0.05, 0.1) is 19.8 Å². The quantitative estimate of drug-likeness (QED) is 0.0972. The van der Waals surface area contributed by atoms with Crippen molar-refractivity contribution in [1.29, 1.82) is 0 Å². The van der Waals surface area contributed by atoms with Gasteiger partial charge >= 0.3 is 5.79 Å². The van der Waals surface area contributed by atoms with Gasteiger partial charge < -0.3 is 40.7 Å². The van der Waals surface area contributed by atoms with Gasteiger partial charge in [-0.25, -0.2) is 4.39 Å². The molecule has 41 heavy (non-hydrogen) atoms. The molecule has 2 fully saturated rings. The number of carbonyl (C=O) groups excluding carboxylic acids is 3. The number of piperidine rings is 1.